The summed E-state index contributed by atoms with van der Waals surface area (Å²) in [5.41, 5.74) is 3.72. The van der Waals surface area contributed by atoms with Gasteiger partial charge in [0, 0.05) is 10.8 Å². The fraction of sp³-hybridized carbons (Fsp3) is 0.316. The fourth-order valence-electron chi connectivity index (χ4n) is 3.71. The van der Waals surface area contributed by atoms with Crippen LogP contribution >= 0.6 is 11.3 Å². The van der Waals surface area contributed by atoms with Gasteiger partial charge < -0.3 is 0 Å². The lowest BCUT2D eigenvalue weighted by atomic mass is 10.1. The Hall–Kier alpha value is -2.27. The molecule has 1 saturated carbocycles. The minimum absolute atomic E-state index is 0.437. The Labute approximate surface area is 144 Å². The summed E-state index contributed by atoms with van der Waals surface area (Å²) in [5.74, 6) is 1.96. The van der Waals surface area contributed by atoms with Crippen molar-refractivity contribution in [3.63, 3.8) is 0 Å². The van der Waals surface area contributed by atoms with E-state index in [1.165, 1.54) is 21.4 Å². The summed E-state index contributed by atoms with van der Waals surface area (Å²) in [6.07, 6.45) is 3.95. The molecule has 0 radical (unpaired) electrons. The highest BCUT2D eigenvalue weighted by molar-refractivity contribution is 7.18. The van der Waals surface area contributed by atoms with E-state index in [0.717, 1.165) is 29.1 Å². The van der Waals surface area contributed by atoms with Crippen molar-refractivity contribution in [2.24, 2.45) is 0 Å². The Morgan fingerprint density at radius 2 is 2.04 bits per heavy atom. The van der Waals surface area contributed by atoms with Crippen molar-refractivity contribution in [2.75, 3.05) is 0 Å². The molecule has 24 heavy (non-hydrogen) atoms. The molecule has 1 aromatic carbocycles. The van der Waals surface area contributed by atoms with Crippen molar-refractivity contribution < 1.29 is 0 Å². The maximum absolute atomic E-state index is 4.92. The highest BCUT2D eigenvalue weighted by Crippen LogP contribution is 2.53. The van der Waals surface area contributed by atoms with Crippen molar-refractivity contribution in [1.82, 2.24) is 19.6 Å². The van der Waals surface area contributed by atoms with Crippen LogP contribution in [-0.4, -0.2) is 19.6 Å². The minimum Gasteiger partial charge on any atom is -0.225 e. The number of aromatic nitrogens is 4. The van der Waals surface area contributed by atoms with Gasteiger partial charge in [-0.1, -0.05) is 37.3 Å². The molecule has 1 aliphatic rings. The molecule has 0 unspecified atom stereocenters. The van der Waals surface area contributed by atoms with Gasteiger partial charge in [-0.05, 0) is 36.8 Å². The quantitative estimate of drug-likeness (QED) is 0.555. The molecule has 0 saturated heterocycles. The largest absolute Gasteiger partial charge is 0.225 e. The smallest absolute Gasteiger partial charge is 0.167 e. The third kappa shape index (κ3) is 2.01. The average molecular weight is 334 g/mol. The summed E-state index contributed by atoms with van der Waals surface area (Å²) in [7, 11) is 0. The first-order valence-electron chi connectivity index (χ1n) is 8.44. The van der Waals surface area contributed by atoms with Crippen molar-refractivity contribution in [3.05, 3.63) is 58.5 Å². The molecule has 4 aromatic rings. The predicted molar refractivity (Wildman–Crippen MR) is 96.8 cm³/mol. The molecule has 3 heterocycles. The first-order chi connectivity index (χ1) is 11.8. The molecule has 1 aliphatic carbocycles. The van der Waals surface area contributed by atoms with Crippen LogP contribution in [0.15, 0.2) is 36.7 Å². The Bertz CT molecular complexity index is 1050. The zero-order valence-electron chi connectivity index (χ0n) is 13.7. The van der Waals surface area contributed by atoms with E-state index in [9.17, 15) is 0 Å². The maximum atomic E-state index is 4.92. The zero-order valence-corrected chi connectivity index (χ0v) is 14.5. The highest BCUT2D eigenvalue weighted by Gasteiger charge is 2.42. The van der Waals surface area contributed by atoms with Gasteiger partial charge in [-0.3, -0.25) is 0 Å². The topological polar surface area (TPSA) is 43.1 Å². The molecular weight excluding hydrogens is 316 g/mol. The molecule has 0 spiro atoms. The van der Waals surface area contributed by atoms with E-state index >= 15 is 0 Å². The summed E-state index contributed by atoms with van der Waals surface area (Å²) in [4.78, 5) is 11.9. The van der Waals surface area contributed by atoms with E-state index in [1.54, 1.807) is 11.3 Å². The predicted octanol–water partition coefficient (Wildman–Crippen LogP) is 4.48. The molecule has 2 atom stereocenters. The van der Waals surface area contributed by atoms with E-state index < -0.39 is 0 Å². The molecule has 1 fully saturated rings. The summed E-state index contributed by atoms with van der Waals surface area (Å²) >= 11 is 1.76. The molecule has 0 amide bonds. The number of hydrogen-bond acceptors (Lipinski definition) is 4. The fourth-order valence-corrected chi connectivity index (χ4v) is 4.79. The second-order valence-corrected chi connectivity index (χ2v) is 7.72. The van der Waals surface area contributed by atoms with Gasteiger partial charge in [0.05, 0.1) is 5.39 Å². The van der Waals surface area contributed by atoms with E-state index in [4.69, 9.17) is 10.1 Å². The Kier molecular flexibility index (Phi) is 3.00. The summed E-state index contributed by atoms with van der Waals surface area (Å²) in [6.45, 7) is 4.37. The van der Waals surface area contributed by atoms with Gasteiger partial charge in [-0.15, -0.1) is 16.4 Å². The van der Waals surface area contributed by atoms with Crippen LogP contribution in [0.5, 0.6) is 0 Å². The van der Waals surface area contributed by atoms with Gasteiger partial charge in [0.15, 0.2) is 11.5 Å². The second-order valence-electron chi connectivity index (χ2n) is 6.51. The number of aryl methyl sites for hydroxylation is 2. The molecule has 0 aliphatic heterocycles. The monoisotopic (exact) mass is 334 g/mol. The lowest BCUT2D eigenvalue weighted by Crippen LogP contribution is -1.91. The number of rotatable bonds is 3. The van der Waals surface area contributed by atoms with Crippen molar-refractivity contribution in [3.8, 4) is 0 Å². The second kappa shape index (κ2) is 5.11. The summed E-state index contributed by atoms with van der Waals surface area (Å²) in [6, 6.07) is 10.7. The molecule has 4 nitrogen and oxygen atoms in total. The normalized spacial score (nSPS) is 20.1. The van der Waals surface area contributed by atoms with Crippen LogP contribution in [0.25, 0.3) is 15.9 Å². The Morgan fingerprint density at radius 3 is 2.83 bits per heavy atom. The standard InChI is InChI=1S/C19H18N4S/c1-3-13-11(2)24-19-16(13)18-21-17(22-23(18)10-20-19)15-9-14(15)12-7-5-4-6-8-12/h4-8,10,14-15H,3,9H2,1-2H3/t14-,15-/m0/s1. The number of fused-ring (bicyclic) bond motifs is 3. The van der Waals surface area contributed by atoms with Crippen LogP contribution in [0.1, 0.15) is 47.0 Å². The summed E-state index contributed by atoms with van der Waals surface area (Å²) < 4.78 is 1.86. The number of nitrogens with zero attached hydrogens (tertiary/aromatic N) is 4. The lowest BCUT2D eigenvalue weighted by molar-refractivity contribution is 0.850. The van der Waals surface area contributed by atoms with Crippen LogP contribution in [0.2, 0.25) is 0 Å². The first kappa shape index (κ1) is 14.1. The molecule has 3 aromatic heterocycles. The third-order valence-electron chi connectivity index (χ3n) is 5.05. The van der Waals surface area contributed by atoms with Crippen LogP contribution < -0.4 is 0 Å². The lowest BCUT2D eigenvalue weighted by Gasteiger charge is -1.96. The first-order valence-corrected chi connectivity index (χ1v) is 9.26. The van der Waals surface area contributed by atoms with Crippen molar-refractivity contribution in [1.29, 1.82) is 0 Å². The van der Waals surface area contributed by atoms with Gasteiger partial charge in [0.1, 0.15) is 11.2 Å². The van der Waals surface area contributed by atoms with Crippen LogP contribution in [0.4, 0.5) is 0 Å². The van der Waals surface area contributed by atoms with Gasteiger partial charge in [0.25, 0.3) is 0 Å². The molecule has 0 N–H and O–H groups in total. The maximum Gasteiger partial charge on any atom is 0.167 e. The SMILES string of the molecule is CCc1c(C)sc2ncn3nc([C@H]4C[C@H]4c4ccccc4)nc3c12. The van der Waals surface area contributed by atoms with Gasteiger partial charge >= 0.3 is 0 Å². The van der Waals surface area contributed by atoms with E-state index in [2.05, 4.69) is 49.2 Å². The third-order valence-corrected chi connectivity index (χ3v) is 6.10. The molecule has 0 bridgehead atoms. The molecule has 120 valence electrons. The molecular formula is C19H18N4S. The minimum atomic E-state index is 0.437. The van der Waals surface area contributed by atoms with Crippen molar-refractivity contribution >= 4 is 27.2 Å². The summed E-state index contributed by atoms with van der Waals surface area (Å²) in [5, 5.41) is 5.93. The van der Waals surface area contributed by atoms with E-state index in [1.807, 2.05) is 10.8 Å². The molecule has 5 rings (SSSR count). The Balaban J connectivity index is 1.61. The average Bonchev–Trinajstić information content (AvgIpc) is 3.17. The van der Waals surface area contributed by atoms with Gasteiger partial charge in [-0.25, -0.2) is 14.5 Å². The number of thiophene rings is 1. The van der Waals surface area contributed by atoms with Crippen LogP contribution in [0, 0.1) is 6.92 Å². The van der Waals surface area contributed by atoms with Gasteiger partial charge in [0.2, 0.25) is 0 Å². The highest BCUT2D eigenvalue weighted by atomic mass is 32.1. The number of hydrogen-bond donors (Lipinski definition) is 0. The number of benzene rings is 1. The molecule has 5 heteroatoms. The Morgan fingerprint density at radius 1 is 1.21 bits per heavy atom. The van der Waals surface area contributed by atoms with Crippen molar-refractivity contribution in [2.45, 2.75) is 38.5 Å². The van der Waals surface area contributed by atoms with E-state index in [0.29, 0.717) is 11.8 Å². The van der Waals surface area contributed by atoms with Gasteiger partial charge in [-0.2, -0.15) is 0 Å². The van der Waals surface area contributed by atoms with Crippen LogP contribution in [-0.2, 0) is 6.42 Å². The zero-order chi connectivity index (χ0) is 16.3. The van der Waals surface area contributed by atoms with E-state index in [-0.39, 0.29) is 0 Å². The van der Waals surface area contributed by atoms with Crippen LogP contribution in [0.3, 0.4) is 0 Å².